The van der Waals surface area contributed by atoms with E-state index in [0.717, 1.165) is 50.6 Å². The van der Waals surface area contributed by atoms with Crippen LogP contribution in [0.3, 0.4) is 0 Å². The van der Waals surface area contributed by atoms with Gasteiger partial charge >= 0.3 is 6.18 Å². The molecule has 1 aliphatic rings. The van der Waals surface area contributed by atoms with Crippen molar-refractivity contribution in [2.75, 3.05) is 13.6 Å². The predicted octanol–water partition coefficient (Wildman–Crippen LogP) is 8.14. The summed E-state index contributed by atoms with van der Waals surface area (Å²) in [4.78, 5) is 5.00. The molecule has 2 aromatic rings. The minimum atomic E-state index is -4.64. The van der Waals surface area contributed by atoms with E-state index in [0.29, 0.717) is 6.04 Å². The van der Waals surface area contributed by atoms with Crippen molar-refractivity contribution < 1.29 is 18.3 Å². The van der Waals surface area contributed by atoms with E-state index < -0.39 is 11.9 Å². The molecule has 0 amide bonds. The van der Waals surface area contributed by atoms with Gasteiger partial charge in [0, 0.05) is 31.2 Å². The standard InChI is InChI=1S/C30H45N3.C3H3F3O/c1-23(2)8-11-26-14-16-27(17-15-26)21-31-25(4)33(22-28-12-9-24(3)10-13-28)29-18-19-32(7)30(5,6)20-29;1-2(7)3(4,5)6/h9-10,12-17,23,29,31H,4,8,11,18-22H2,1-3,5-7H3;7H,1H2. The maximum absolute atomic E-state index is 10.8. The Balaban J connectivity index is 0.000000708. The molecule has 0 aromatic heterocycles. The molecule has 1 heterocycles. The second kappa shape index (κ2) is 14.6. The SMILES string of the molecule is C=C(NCc1ccc(CCC(C)C)cc1)N(Cc1ccc(C)cc1)C1CCN(C)C(C)(C)C1.C=C(O)C(F)(F)F. The van der Waals surface area contributed by atoms with Gasteiger partial charge in [0.1, 0.15) is 0 Å². The van der Waals surface area contributed by atoms with Gasteiger partial charge in [-0.2, -0.15) is 13.2 Å². The van der Waals surface area contributed by atoms with Crippen LogP contribution in [-0.2, 0) is 19.5 Å². The van der Waals surface area contributed by atoms with Crippen LogP contribution in [0, 0.1) is 12.8 Å². The number of allylic oxidation sites excluding steroid dienone is 1. The number of nitrogens with one attached hydrogen (secondary N) is 1. The number of hydrogen-bond acceptors (Lipinski definition) is 4. The van der Waals surface area contributed by atoms with Crippen molar-refractivity contribution in [1.82, 2.24) is 15.1 Å². The summed E-state index contributed by atoms with van der Waals surface area (Å²) in [6.07, 6.45) is 0.0707. The number of hydrogen-bond donors (Lipinski definition) is 2. The summed E-state index contributed by atoms with van der Waals surface area (Å²) in [5.74, 6) is 0.0241. The zero-order valence-electron chi connectivity index (χ0n) is 25.1. The zero-order chi connectivity index (χ0) is 30.1. The van der Waals surface area contributed by atoms with Gasteiger partial charge in [0.25, 0.3) is 0 Å². The second-order valence-electron chi connectivity index (χ2n) is 12.0. The molecule has 4 nitrogen and oxygen atoms in total. The van der Waals surface area contributed by atoms with Gasteiger partial charge < -0.3 is 20.2 Å². The first-order valence-corrected chi connectivity index (χ1v) is 14.1. The molecule has 1 saturated heterocycles. The molecule has 0 saturated carbocycles. The summed E-state index contributed by atoms with van der Waals surface area (Å²) in [7, 11) is 2.25. The molecule has 0 spiro atoms. The lowest BCUT2D eigenvalue weighted by atomic mass is 9.86. The van der Waals surface area contributed by atoms with Crippen LogP contribution in [0.15, 0.2) is 73.3 Å². The maximum atomic E-state index is 10.8. The zero-order valence-corrected chi connectivity index (χ0v) is 25.1. The highest BCUT2D eigenvalue weighted by Gasteiger charge is 2.35. The van der Waals surface area contributed by atoms with Crippen molar-refractivity contribution in [3.05, 3.63) is 95.5 Å². The second-order valence-corrected chi connectivity index (χ2v) is 12.0. The lowest BCUT2D eigenvalue weighted by molar-refractivity contribution is -0.119. The lowest BCUT2D eigenvalue weighted by Crippen LogP contribution is -2.54. The van der Waals surface area contributed by atoms with Gasteiger partial charge in [-0.15, -0.1) is 0 Å². The maximum Gasteiger partial charge on any atom is 0.448 e. The van der Waals surface area contributed by atoms with Crippen molar-refractivity contribution in [3.63, 3.8) is 0 Å². The van der Waals surface area contributed by atoms with Crippen molar-refractivity contribution >= 4 is 0 Å². The quantitative estimate of drug-likeness (QED) is 0.288. The van der Waals surface area contributed by atoms with Crippen LogP contribution in [-0.4, -0.2) is 46.3 Å². The fourth-order valence-corrected chi connectivity index (χ4v) is 4.67. The van der Waals surface area contributed by atoms with E-state index in [1.807, 2.05) is 0 Å². The largest absolute Gasteiger partial charge is 0.505 e. The minimum absolute atomic E-state index is 0.195. The first kappa shape index (κ1) is 33.3. The highest BCUT2D eigenvalue weighted by molar-refractivity contribution is 5.24. The number of aliphatic hydroxyl groups excluding tert-OH is 1. The molecular weight excluding hydrogens is 511 g/mol. The highest BCUT2D eigenvalue weighted by Crippen LogP contribution is 2.31. The van der Waals surface area contributed by atoms with E-state index >= 15 is 0 Å². The van der Waals surface area contributed by atoms with Crippen LogP contribution in [0.2, 0.25) is 0 Å². The van der Waals surface area contributed by atoms with Gasteiger partial charge in [-0.3, -0.25) is 0 Å². The number of nitrogens with zero attached hydrogens (tertiary/aromatic N) is 2. The van der Waals surface area contributed by atoms with E-state index in [1.54, 1.807) is 0 Å². The summed E-state index contributed by atoms with van der Waals surface area (Å²) in [6, 6.07) is 18.5. The highest BCUT2D eigenvalue weighted by atomic mass is 19.4. The van der Waals surface area contributed by atoms with Gasteiger partial charge in [-0.25, -0.2) is 0 Å². The molecule has 0 aliphatic carbocycles. The molecule has 0 radical (unpaired) electrons. The number of alkyl halides is 3. The van der Waals surface area contributed by atoms with Crippen LogP contribution < -0.4 is 5.32 Å². The number of rotatable bonds is 10. The Bertz CT molecular complexity index is 1080. The lowest BCUT2D eigenvalue weighted by Gasteiger charge is -2.48. The fraction of sp³-hybridized carbons (Fsp3) is 0.515. The number of aryl methyl sites for hydroxylation is 2. The van der Waals surface area contributed by atoms with Crippen molar-refractivity contribution in [1.29, 1.82) is 0 Å². The number of aliphatic hydroxyl groups is 1. The third-order valence-electron chi connectivity index (χ3n) is 7.68. The van der Waals surface area contributed by atoms with Crippen LogP contribution in [0.4, 0.5) is 13.2 Å². The first-order chi connectivity index (χ1) is 18.6. The van der Waals surface area contributed by atoms with E-state index in [9.17, 15) is 13.2 Å². The average molecular weight is 560 g/mol. The minimum Gasteiger partial charge on any atom is -0.505 e. The molecule has 40 heavy (non-hydrogen) atoms. The molecular formula is C33H48F3N3O. The molecule has 2 N–H and O–H groups in total. The summed E-state index contributed by atoms with van der Waals surface area (Å²) in [5, 5.41) is 11.2. The predicted molar refractivity (Wildman–Crippen MR) is 160 cm³/mol. The Labute approximate surface area is 239 Å². The van der Waals surface area contributed by atoms with Crippen molar-refractivity contribution in [2.24, 2.45) is 5.92 Å². The van der Waals surface area contributed by atoms with Crippen LogP contribution in [0.5, 0.6) is 0 Å². The monoisotopic (exact) mass is 559 g/mol. The Kier molecular flexibility index (Phi) is 12.2. The van der Waals surface area contributed by atoms with Crippen molar-refractivity contribution in [2.45, 2.75) is 91.1 Å². The van der Waals surface area contributed by atoms with Gasteiger partial charge in [-0.05, 0) is 76.1 Å². The Morgan fingerprint density at radius 2 is 1.57 bits per heavy atom. The Morgan fingerprint density at radius 1 is 1.05 bits per heavy atom. The van der Waals surface area contributed by atoms with Gasteiger partial charge in [-0.1, -0.05) is 81.1 Å². The molecule has 1 aliphatic heterocycles. The van der Waals surface area contributed by atoms with E-state index in [4.69, 9.17) is 5.11 Å². The van der Waals surface area contributed by atoms with Crippen LogP contribution in [0.1, 0.15) is 69.2 Å². The van der Waals surface area contributed by atoms with Crippen LogP contribution >= 0.6 is 0 Å². The van der Waals surface area contributed by atoms with Gasteiger partial charge in [0.05, 0.1) is 5.82 Å². The third-order valence-corrected chi connectivity index (χ3v) is 7.68. The summed E-state index contributed by atoms with van der Waals surface area (Å²) in [5.41, 5.74) is 5.58. The summed E-state index contributed by atoms with van der Waals surface area (Å²) in [6.45, 7) is 21.0. The average Bonchev–Trinajstić information content (AvgIpc) is 2.87. The van der Waals surface area contributed by atoms with Crippen LogP contribution in [0.25, 0.3) is 0 Å². The Morgan fingerprint density at radius 3 is 2.08 bits per heavy atom. The number of likely N-dealkylation sites (tertiary alicyclic amines) is 1. The topological polar surface area (TPSA) is 38.7 Å². The molecule has 3 rings (SSSR count). The summed E-state index contributed by atoms with van der Waals surface area (Å²) >= 11 is 0. The molecule has 7 heteroatoms. The number of piperidine rings is 1. The number of benzene rings is 2. The molecule has 2 aromatic carbocycles. The molecule has 1 atom stereocenters. The van der Waals surface area contributed by atoms with Gasteiger partial charge in [0.15, 0.2) is 5.76 Å². The van der Waals surface area contributed by atoms with E-state index in [-0.39, 0.29) is 5.54 Å². The first-order valence-electron chi connectivity index (χ1n) is 14.1. The molecule has 0 bridgehead atoms. The molecule has 222 valence electrons. The van der Waals surface area contributed by atoms with E-state index in [2.05, 4.69) is 118 Å². The summed E-state index contributed by atoms with van der Waals surface area (Å²) < 4.78 is 32.5. The molecule has 1 unspecified atom stereocenters. The number of halogens is 3. The third kappa shape index (κ3) is 10.9. The molecule has 1 fully saturated rings. The van der Waals surface area contributed by atoms with E-state index in [1.165, 1.54) is 28.7 Å². The van der Waals surface area contributed by atoms with Crippen molar-refractivity contribution in [3.8, 4) is 0 Å². The van der Waals surface area contributed by atoms with Gasteiger partial charge in [0.2, 0.25) is 0 Å². The fourth-order valence-electron chi connectivity index (χ4n) is 4.67. The Hall–Kier alpha value is -2.93. The smallest absolute Gasteiger partial charge is 0.448 e. The normalized spacial score (nSPS) is 17.1.